The highest BCUT2D eigenvalue weighted by atomic mass is 16.5. The van der Waals surface area contributed by atoms with E-state index in [4.69, 9.17) is 4.74 Å². The van der Waals surface area contributed by atoms with Gasteiger partial charge in [0.1, 0.15) is 12.4 Å². The molecule has 0 saturated carbocycles. The quantitative estimate of drug-likeness (QED) is 0.856. The standard InChI is InChI=1S/C18H25NO2/c1-13(2)18(3,20)12-21-17-10-9-14-7-5-6-8-15(14)16(17)11-19-4/h5-10,13,19-20H,11-12H2,1-4H3. The molecule has 0 aliphatic heterocycles. The van der Waals surface area contributed by atoms with Gasteiger partial charge in [-0.05, 0) is 36.7 Å². The van der Waals surface area contributed by atoms with Gasteiger partial charge in [0.05, 0.1) is 5.60 Å². The maximum Gasteiger partial charge on any atom is 0.124 e. The summed E-state index contributed by atoms with van der Waals surface area (Å²) in [5.74, 6) is 0.981. The van der Waals surface area contributed by atoms with Crippen LogP contribution in [0, 0.1) is 5.92 Å². The highest BCUT2D eigenvalue weighted by molar-refractivity contribution is 5.87. The molecule has 2 aromatic rings. The minimum atomic E-state index is -0.831. The first kappa shape index (κ1) is 15.8. The molecule has 0 fully saturated rings. The van der Waals surface area contributed by atoms with E-state index >= 15 is 0 Å². The van der Waals surface area contributed by atoms with Gasteiger partial charge in [-0.25, -0.2) is 0 Å². The van der Waals surface area contributed by atoms with Crippen molar-refractivity contribution in [1.82, 2.24) is 5.32 Å². The largest absolute Gasteiger partial charge is 0.490 e. The van der Waals surface area contributed by atoms with Crippen LogP contribution in [0.4, 0.5) is 0 Å². The Kier molecular flexibility index (Phi) is 4.86. The van der Waals surface area contributed by atoms with Crippen LogP contribution in [0.1, 0.15) is 26.3 Å². The highest BCUT2D eigenvalue weighted by Gasteiger charge is 2.26. The van der Waals surface area contributed by atoms with Gasteiger partial charge >= 0.3 is 0 Å². The van der Waals surface area contributed by atoms with Gasteiger partial charge in [-0.3, -0.25) is 0 Å². The molecular formula is C18H25NO2. The Labute approximate surface area is 126 Å². The molecule has 0 aliphatic rings. The summed E-state index contributed by atoms with van der Waals surface area (Å²) in [7, 11) is 1.93. The van der Waals surface area contributed by atoms with Gasteiger partial charge in [0.25, 0.3) is 0 Å². The third-order valence-corrected chi connectivity index (χ3v) is 4.11. The van der Waals surface area contributed by atoms with E-state index in [1.165, 1.54) is 10.8 Å². The molecule has 3 heteroatoms. The number of nitrogens with one attached hydrogen (secondary N) is 1. The summed E-state index contributed by atoms with van der Waals surface area (Å²) in [6.45, 7) is 6.84. The van der Waals surface area contributed by atoms with Crippen molar-refractivity contribution in [3.05, 3.63) is 42.0 Å². The normalized spacial score (nSPS) is 14.4. The summed E-state index contributed by atoms with van der Waals surface area (Å²) >= 11 is 0. The lowest BCUT2D eigenvalue weighted by Gasteiger charge is -2.28. The number of hydrogen-bond donors (Lipinski definition) is 2. The number of rotatable bonds is 6. The Balaban J connectivity index is 2.33. The molecule has 0 amide bonds. The van der Waals surface area contributed by atoms with E-state index in [1.807, 2.05) is 46.0 Å². The lowest BCUT2D eigenvalue weighted by atomic mass is 9.93. The van der Waals surface area contributed by atoms with Gasteiger partial charge in [-0.2, -0.15) is 0 Å². The topological polar surface area (TPSA) is 41.5 Å². The van der Waals surface area contributed by atoms with Crippen LogP contribution in [0.25, 0.3) is 10.8 Å². The van der Waals surface area contributed by atoms with Gasteiger partial charge in [0.15, 0.2) is 0 Å². The van der Waals surface area contributed by atoms with Crippen molar-refractivity contribution in [2.45, 2.75) is 32.9 Å². The fraction of sp³-hybridized carbons (Fsp3) is 0.444. The molecule has 114 valence electrons. The van der Waals surface area contributed by atoms with Crippen molar-refractivity contribution in [3.63, 3.8) is 0 Å². The third-order valence-electron chi connectivity index (χ3n) is 4.11. The predicted molar refractivity (Wildman–Crippen MR) is 87.7 cm³/mol. The Hall–Kier alpha value is -1.58. The van der Waals surface area contributed by atoms with E-state index in [9.17, 15) is 5.11 Å². The van der Waals surface area contributed by atoms with Crippen molar-refractivity contribution in [3.8, 4) is 5.75 Å². The first-order valence-electron chi connectivity index (χ1n) is 7.46. The SMILES string of the molecule is CNCc1c(OCC(C)(O)C(C)C)ccc2ccccc12. The summed E-state index contributed by atoms with van der Waals surface area (Å²) in [5.41, 5.74) is 0.304. The van der Waals surface area contributed by atoms with Gasteiger partial charge in [-0.1, -0.05) is 44.2 Å². The van der Waals surface area contributed by atoms with E-state index in [-0.39, 0.29) is 5.92 Å². The van der Waals surface area contributed by atoms with E-state index in [0.717, 1.165) is 17.9 Å². The van der Waals surface area contributed by atoms with Crippen LogP contribution < -0.4 is 10.1 Å². The average Bonchev–Trinajstić information content (AvgIpc) is 2.46. The Morgan fingerprint density at radius 3 is 2.57 bits per heavy atom. The molecule has 2 N–H and O–H groups in total. The van der Waals surface area contributed by atoms with Gasteiger partial charge in [0, 0.05) is 12.1 Å². The second-order valence-corrected chi connectivity index (χ2v) is 6.09. The van der Waals surface area contributed by atoms with Gasteiger partial charge < -0.3 is 15.2 Å². The van der Waals surface area contributed by atoms with Crippen molar-refractivity contribution in [2.75, 3.05) is 13.7 Å². The Bertz CT molecular complexity index is 605. The first-order valence-corrected chi connectivity index (χ1v) is 7.46. The van der Waals surface area contributed by atoms with Crippen LogP contribution in [-0.2, 0) is 6.54 Å². The number of fused-ring (bicyclic) bond motifs is 1. The van der Waals surface area contributed by atoms with Crippen molar-refractivity contribution >= 4 is 10.8 Å². The van der Waals surface area contributed by atoms with Gasteiger partial charge in [0.2, 0.25) is 0 Å². The molecule has 0 spiro atoms. The molecule has 0 heterocycles. The molecule has 0 saturated heterocycles. The zero-order valence-electron chi connectivity index (χ0n) is 13.3. The summed E-state index contributed by atoms with van der Waals surface area (Å²) in [6, 6.07) is 12.3. The monoisotopic (exact) mass is 287 g/mol. The average molecular weight is 287 g/mol. The molecule has 2 rings (SSSR count). The number of benzene rings is 2. The summed E-state index contributed by atoms with van der Waals surface area (Å²) in [4.78, 5) is 0. The number of ether oxygens (including phenoxy) is 1. The molecular weight excluding hydrogens is 262 g/mol. The Morgan fingerprint density at radius 2 is 1.90 bits per heavy atom. The summed E-state index contributed by atoms with van der Waals surface area (Å²) < 4.78 is 5.93. The highest BCUT2D eigenvalue weighted by Crippen LogP contribution is 2.29. The lowest BCUT2D eigenvalue weighted by Crippen LogP contribution is -2.38. The fourth-order valence-electron chi connectivity index (χ4n) is 2.20. The van der Waals surface area contributed by atoms with Crippen LogP contribution in [0.3, 0.4) is 0 Å². The van der Waals surface area contributed by atoms with E-state index in [2.05, 4.69) is 23.5 Å². The second-order valence-electron chi connectivity index (χ2n) is 6.09. The number of hydrogen-bond acceptors (Lipinski definition) is 3. The summed E-state index contributed by atoms with van der Waals surface area (Å²) in [6.07, 6.45) is 0. The van der Waals surface area contributed by atoms with Crippen molar-refractivity contribution in [1.29, 1.82) is 0 Å². The second kappa shape index (κ2) is 6.46. The first-order chi connectivity index (χ1) is 9.95. The smallest absolute Gasteiger partial charge is 0.124 e. The minimum Gasteiger partial charge on any atom is -0.490 e. The molecule has 0 aliphatic carbocycles. The maximum absolute atomic E-state index is 10.3. The van der Waals surface area contributed by atoms with Crippen molar-refractivity contribution in [2.24, 2.45) is 5.92 Å². The third kappa shape index (κ3) is 3.55. The van der Waals surface area contributed by atoms with Crippen LogP contribution in [0.5, 0.6) is 5.75 Å². The maximum atomic E-state index is 10.3. The van der Waals surface area contributed by atoms with Crippen LogP contribution in [0.15, 0.2) is 36.4 Å². The zero-order valence-corrected chi connectivity index (χ0v) is 13.3. The Morgan fingerprint density at radius 1 is 1.19 bits per heavy atom. The lowest BCUT2D eigenvalue weighted by molar-refractivity contribution is -0.0268. The molecule has 1 unspecified atom stereocenters. The molecule has 1 atom stereocenters. The molecule has 3 nitrogen and oxygen atoms in total. The fourth-order valence-corrected chi connectivity index (χ4v) is 2.20. The van der Waals surface area contributed by atoms with E-state index in [0.29, 0.717) is 6.61 Å². The zero-order chi connectivity index (χ0) is 15.5. The predicted octanol–water partition coefficient (Wildman–Crippen LogP) is 3.35. The van der Waals surface area contributed by atoms with E-state index < -0.39 is 5.60 Å². The van der Waals surface area contributed by atoms with Crippen molar-refractivity contribution < 1.29 is 9.84 Å². The van der Waals surface area contributed by atoms with Crippen LogP contribution in [-0.4, -0.2) is 24.4 Å². The molecule has 0 bridgehead atoms. The number of aliphatic hydroxyl groups is 1. The van der Waals surface area contributed by atoms with Crippen LogP contribution >= 0.6 is 0 Å². The molecule has 0 aromatic heterocycles. The molecule has 21 heavy (non-hydrogen) atoms. The van der Waals surface area contributed by atoms with E-state index in [1.54, 1.807) is 0 Å². The summed E-state index contributed by atoms with van der Waals surface area (Å²) in [5, 5.41) is 15.9. The van der Waals surface area contributed by atoms with Gasteiger partial charge in [-0.15, -0.1) is 0 Å². The molecule has 2 aromatic carbocycles. The minimum absolute atomic E-state index is 0.144. The van der Waals surface area contributed by atoms with Crippen LogP contribution in [0.2, 0.25) is 0 Å². The molecule has 0 radical (unpaired) electrons.